The first-order valence-electron chi connectivity index (χ1n) is 24.1. The summed E-state index contributed by atoms with van der Waals surface area (Å²) in [5, 5.41) is 12.4. The van der Waals surface area contributed by atoms with Crippen LogP contribution in [0.2, 0.25) is 0 Å². The Morgan fingerprint density at radius 2 is 1.13 bits per heavy atom. The molecule has 0 saturated heterocycles. The van der Waals surface area contributed by atoms with E-state index < -0.39 is 0 Å². The number of benzene rings is 8. The number of aromatic hydroxyl groups is 1. The molecule has 4 nitrogen and oxygen atoms in total. The summed E-state index contributed by atoms with van der Waals surface area (Å²) < 4.78 is 2.24. The van der Waals surface area contributed by atoms with Crippen molar-refractivity contribution in [2.75, 3.05) is 0 Å². The van der Waals surface area contributed by atoms with Crippen molar-refractivity contribution in [1.29, 1.82) is 0 Å². The fourth-order valence-electron chi connectivity index (χ4n) is 10.2. The van der Waals surface area contributed by atoms with Gasteiger partial charge < -0.3 is 5.11 Å². The van der Waals surface area contributed by atoms with Gasteiger partial charge >= 0.3 is 0 Å². The summed E-state index contributed by atoms with van der Waals surface area (Å²) in [5.41, 5.74) is 17.9. The number of rotatable bonds is 9. The van der Waals surface area contributed by atoms with Crippen molar-refractivity contribution in [3.05, 3.63) is 218 Å². The maximum atomic E-state index is 12.4. The quantitative estimate of drug-likeness (QED) is 0.147. The summed E-state index contributed by atoms with van der Waals surface area (Å²) in [5.74, 6) is 1.49. The molecule has 8 aromatic carbocycles. The van der Waals surface area contributed by atoms with Gasteiger partial charge in [0, 0.05) is 44.1 Å². The third-order valence-electron chi connectivity index (χ3n) is 13.9. The average molecular weight is 1080 g/mol. The Morgan fingerprint density at radius 1 is 0.522 bits per heavy atom. The Bertz CT molecular complexity index is 3400. The molecule has 5 heteroatoms. The van der Waals surface area contributed by atoms with Crippen LogP contribution in [0.3, 0.4) is 0 Å². The second kappa shape index (κ2) is 19.5. The molecule has 1 aliphatic carbocycles. The SMILES string of the molecule is CC(C)(C)c1ccc(-n2c(-c3cccc(-c4ccccc4)c3O)nc3c(-c4[c-]c(-c5cc(-c6ccc(C7CCCCC7)cc6)ccn5)cc(-c5ccccc5)c4)cccc32)c(-c2ccccc2)c1.[Pt]. The number of hydrogen-bond donors (Lipinski definition) is 1. The molecule has 0 atom stereocenters. The van der Waals surface area contributed by atoms with Gasteiger partial charge in [-0.15, -0.1) is 23.8 Å². The molecule has 0 unspecified atom stereocenters. The van der Waals surface area contributed by atoms with Gasteiger partial charge in [-0.25, -0.2) is 4.98 Å². The molecular formula is C64H54N3OPt-. The molecule has 11 rings (SSSR count). The van der Waals surface area contributed by atoms with Crippen molar-refractivity contribution in [2.24, 2.45) is 0 Å². The van der Waals surface area contributed by atoms with E-state index in [1.54, 1.807) is 0 Å². The van der Waals surface area contributed by atoms with E-state index in [-0.39, 0.29) is 32.2 Å². The molecule has 10 aromatic rings. The van der Waals surface area contributed by atoms with Crippen LogP contribution in [0.15, 0.2) is 200 Å². The third-order valence-corrected chi connectivity index (χ3v) is 13.9. The van der Waals surface area contributed by atoms with Gasteiger partial charge in [0.05, 0.1) is 22.3 Å². The van der Waals surface area contributed by atoms with Crippen molar-refractivity contribution in [2.45, 2.75) is 64.2 Å². The second-order valence-corrected chi connectivity index (χ2v) is 19.3. The molecule has 0 spiro atoms. The van der Waals surface area contributed by atoms with Gasteiger partial charge in [0.25, 0.3) is 0 Å². The van der Waals surface area contributed by atoms with E-state index in [9.17, 15) is 5.11 Å². The molecule has 1 fully saturated rings. The van der Waals surface area contributed by atoms with Crippen molar-refractivity contribution in [1.82, 2.24) is 14.5 Å². The summed E-state index contributed by atoms with van der Waals surface area (Å²) in [6, 6.07) is 72.1. The van der Waals surface area contributed by atoms with E-state index in [1.165, 1.54) is 48.8 Å². The zero-order valence-corrected chi connectivity index (χ0v) is 41.5. The van der Waals surface area contributed by atoms with Crippen LogP contribution < -0.4 is 0 Å². The average Bonchev–Trinajstić information content (AvgIpc) is 3.79. The first kappa shape index (κ1) is 45.6. The fourth-order valence-corrected chi connectivity index (χ4v) is 10.2. The van der Waals surface area contributed by atoms with Crippen molar-refractivity contribution < 1.29 is 26.2 Å². The van der Waals surface area contributed by atoms with Crippen LogP contribution in [-0.2, 0) is 26.5 Å². The molecular weight excluding hydrogens is 1020 g/mol. The Labute approximate surface area is 420 Å². The number of phenols is 1. The Morgan fingerprint density at radius 3 is 1.83 bits per heavy atom. The first-order chi connectivity index (χ1) is 33.3. The minimum Gasteiger partial charge on any atom is -0.507 e. The molecule has 1 N–H and O–H groups in total. The number of hydrogen-bond acceptors (Lipinski definition) is 3. The summed E-state index contributed by atoms with van der Waals surface area (Å²) in [6.45, 7) is 6.76. The van der Waals surface area contributed by atoms with E-state index in [1.807, 2.05) is 54.7 Å². The number of pyridine rings is 1. The third kappa shape index (κ3) is 9.15. The standard InChI is InChI=1S/C64H54N3O.Pt/c1-64(2,3)53-34-35-59(57(42-53)48-24-14-7-15-25-48)67-60-29-17-26-54(61(60)66-63(67)56-28-16-27-55(62(56)68)47-22-12-6-13-23-47)51-38-50(44-20-10-5-11-21-44)39-52(40-51)58-41-49(36-37-65-58)46-32-30-45(31-33-46)43-18-8-4-9-19-43;/h5-7,10-17,20-39,41-43,68H,4,8-9,18-19H2,1-3H3;/q-1;. The van der Waals surface area contributed by atoms with E-state index in [0.717, 1.165) is 78.0 Å². The van der Waals surface area contributed by atoms with E-state index in [0.29, 0.717) is 17.3 Å². The van der Waals surface area contributed by atoms with Crippen LogP contribution >= 0.6 is 0 Å². The number of aromatic nitrogens is 3. The summed E-state index contributed by atoms with van der Waals surface area (Å²) in [7, 11) is 0. The van der Waals surface area contributed by atoms with Crippen LogP contribution in [-0.4, -0.2) is 19.6 Å². The van der Waals surface area contributed by atoms with Gasteiger partial charge in [-0.3, -0.25) is 9.55 Å². The number of para-hydroxylation sites is 2. The minimum absolute atomic E-state index is 0. The molecule has 2 aromatic heterocycles. The van der Waals surface area contributed by atoms with Crippen LogP contribution in [0.5, 0.6) is 5.75 Å². The van der Waals surface area contributed by atoms with Crippen LogP contribution in [0.1, 0.15) is 69.9 Å². The number of nitrogens with zero attached hydrogens (tertiary/aromatic N) is 3. The van der Waals surface area contributed by atoms with Gasteiger partial charge in [0.2, 0.25) is 0 Å². The first-order valence-corrected chi connectivity index (χ1v) is 24.1. The smallest absolute Gasteiger partial charge is 0.148 e. The van der Waals surface area contributed by atoms with Gasteiger partial charge in [-0.2, -0.15) is 0 Å². The molecule has 0 aliphatic heterocycles. The van der Waals surface area contributed by atoms with Crippen LogP contribution in [0, 0.1) is 6.07 Å². The largest absolute Gasteiger partial charge is 0.507 e. The van der Waals surface area contributed by atoms with Gasteiger partial charge in [0.15, 0.2) is 0 Å². The topological polar surface area (TPSA) is 50.9 Å². The number of imidazole rings is 1. The number of phenolic OH excluding ortho intramolecular Hbond substituents is 1. The van der Waals surface area contributed by atoms with Crippen molar-refractivity contribution in [3.8, 4) is 89.7 Å². The Kier molecular flexibility index (Phi) is 12.9. The molecule has 1 saturated carbocycles. The molecule has 0 radical (unpaired) electrons. The van der Waals surface area contributed by atoms with Crippen molar-refractivity contribution in [3.63, 3.8) is 0 Å². The molecule has 1 aliphatic rings. The zero-order valence-electron chi connectivity index (χ0n) is 39.3. The summed E-state index contributed by atoms with van der Waals surface area (Å²) in [6.07, 6.45) is 8.49. The summed E-state index contributed by atoms with van der Waals surface area (Å²) in [4.78, 5) is 10.6. The molecule has 69 heavy (non-hydrogen) atoms. The molecule has 342 valence electrons. The number of fused-ring (bicyclic) bond motifs is 1. The molecule has 2 heterocycles. The zero-order chi connectivity index (χ0) is 46.2. The van der Waals surface area contributed by atoms with Crippen molar-refractivity contribution >= 4 is 11.0 Å². The second-order valence-electron chi connectivity index (χ2n) is 19.3. The predicted molar refractivity (Wildman–Crippen MR) is 282 cm³/mol. The Balaban J connectivity index is 0.00000553. The van der Waals surface area contributed by atoms with Crippen LogP contribution in [0.25, 0.3) is 95.0 Å². The molecule has 0 bridgehead atoms. The van der Waals surface area contributed by atoms with E-state index >= 15 is 0 Å². The fraction of sp³-hybridized carbons (Fsp3) is 0.156. The summed E-state index contributed by atoms with van der Waals surface area (Å²) >= 11 is 0. The monoisotopic (exact) mass is 1080 g/mol. The normalized spacial score (nSPS) is 13.0. The maximum absolute atomic E-state index is 12.4. The van der Waals surface area contributed by atoms with E-state index in [4.69, 9.17) is 9.97 Å². The van der Waals surface area contributed by atoms with Crippen LogP contribution in [0.4, 0.5) is 0 Å². The maximum Gasteiger partial charge on any atom is 0.148 e. The van der Waals surface area contributed by atoms with Gasteiger partial charge in [0.1, 0.15) is 11.6 Å². The van der Waals surface area contributed by atoms with Gasteiger partial charge in [-0.05, 0) is 93.5 Å². The molecule has 0 amide bonds. The predicted octanol–water partition coefficient (Wildman–Crippen LogP) is 16.9. The van der Waals surface area contributed by atoms with Gasteiger partial charge in [-0.1, -0.05) is 208 Å². The van der Waals surface area contributed by atoms with E-state index in [2.05, 4.69) is 177 Å². The minimum atomic E-state index is -0.0812. The Hall–Kier alpha value is -7.13.